The van der Waals surface area contributed by atoms with E-state index in [-0.39, 0.29) is 5.91 Å². The zero-order valence-corrected chi connectivity index (χ0v) is 15.2. The molecule has 0 bridgehead atoms. The van der Waals surface area contributed by atoms with Crippen molar-refractivity contribution in [3.63, 3.8) is 0 Å². The second-order valence-corrected chi connectivity index (χ2v) is 6.94. The fraction of sp³-hybridized carbons (Fsp3) is 0.429. The van der Waals surface area contributed by atoms with E-state index in [1.54, 1.807) is 12.3 Å². The van der Waals surface area contributed by atoms with Gasteiger partial charge in [0.2, 0.25) is 0 Å². The fourth-order valence-corrected chi connectivity index (χ4v) is 3.41. The normalized spacial score (nSPS) is 15.0. The first-order chi connectivity index (χ1) is 12.1. The van der Waals surface area contributed by atoms with Crippen LogP contribution in [0.4, 0.5) is 5.69 Å². The third-order valence-corrected chi connectivity index (χ3v) is 5.09. The van der Waals surface area contributed by atoms with E-state index >= 15 is 0 Å². The number of carbonyl (C=O) groups excluding carboxylic acids is 1. The van der Waals surface area contributed by atoms with Crippen LogP contribution >= 0.6 is 0 Å². The van der Waals surface area contributed by atoms with Crippen LogP contribution in [0.5, 0.6) is 0 Å². The summed E-state index contributed by atoms with van der Waals surface area (Å²) in [6.45, 7) is 2.44. The van der Waals surface area contributed by atoms with Crippen LogP contribution in [0.25, 0.3) is 0 Å². The molecule has 4 heteroatoms. The highest BCUT2D eigenvalue weighted by Gasteiger charge is 2.18. The molecule has 1 aromatic carbocycles. The second-order valence-electron chi connectivity index (χ2n) is 6.94. The minimum atomic E-state index is -0.0871. The number of nitrogens with one attached hydrogen (secondary N) is 1. The van der Waals surface area contributed by atoms with Gasteiger partial charge in [-0.05, 0) is 49.6 Å². The standard InChI is InChI=1S/C21H27N3O/c1-16-8-11-18(15-22-16)21(25)23-14-17-9-12-20(13-10-17)24(2)19-6-4-3-5-7-19/h8-13,15,19H,3-7,14H2,1-2H3,(H,23,25). The van der Waals surface area contributed by atoms with Crippen LogP contribution in [0.1, 0.15) is 53.7 Å². The lowest BCUT2D eigenvalue weighted by molar-refractivity contribution is 0.0950. The lowest BCUT2D eigenvalue weighted by Crippen LogP contribution is -2.33. The molecule has 1 fully saturated rings. The number of aryl methyl sites for hydroxylation is 1. The number of anilines is 1. The Morgan fingerprint density at radius 1 is 1.12 bits per heavy atom. The first-order valence-corrected chi connectivity index (χ1v) is 9.16. The molecule has 3 rings (SSSR count). The highest BCUT2D eigenvalue weighted by molar-refractivity contribution is 5.93. The Labute approximate surface area is 150 Å². The van der Waals surface area contributed by atoms with Gasteiger partial charge in [0.25, 0.3) is 5.91 Å². The van der Waals surface area contributed by atoms with Crippen molar-refractivity contribution in [2.24, 2.45) is 0 Å². The number of nitrogens with zero attached hydrogens (tertiary/aromatic N) is 2. The summed E-state index contributed by atoms with van der Waals surface area (Å²) in [6.07, 6.45) is 8.25. The van der Waals surface area contributed by atoms with Gasteiger partial charge in [0.1, 0.15) is 0 Å². The zero-order valence-electron chi connectivity index (χ0n) is 15.2. The summed E-state index contributed by atoms with van der Waals surface area (Å²) in [5, 5.41) is 2.95. The molecule has 0 aliphatic heterocycles. The lowest BCUT2D eigenvalue weighted by atomic mass is 9.94. The van der Waals surface area contributed by atoms with Crippen molar-refractivity contribution in [1.82, 2.24) is 10.3 Å². The van der Waals surface area contributed by atoms with Crippen molar-refractivity contribution in [3.05, 3.63) is 59.4 Å². The molecule has 25 heavy (non-hydrogen) atoms. The molecule has 1 N–H and O–H groups in total. The van der Waals surface area contributed by atoms with E-state index in [2.05, 4.69) is 46.5 Å². The van der Waals surface area contributed by atoms with Gasteiger partial charge in [0.05, 0.1) is 5.56 Å². The van der Waals surface area contributed by atoms with E-state index < -0.39 is 0 Å². The van der Waals surface area contributed by atoms with Crippen LogP contribution in [0.15, 0.2) is 42.6 Å². The van der Waals surface area contributed by atoms with Crippen molar-refractivity contribution < 1.29 is 4.79 Å². The maximum atomic E-state index is 12.2. The summed E-state index contributed by atoms with van der Waals surface area (Å²) < 4.78 is 0. The van der Waals surface area contributed by atoms with Crippen LogP contribution in [0.2, 0.25) is 0 Å². The lowest BCUT2D eigenvalue weighted by Gasteiger charge is -2.33. The molecule has 4 nitrogen and oxygen atoms in total. The summed E-state index contributed by atoms with van der Waals surface area (Å²) >= 11 is 0. The Morgan fingerprint density at radius 3 is 2.48 bits per heavy atom. The molecule has 1 heterocycles. The summed E-state index contributed by atoms with van der Waals surface area (Å²) in [4.78, 5) is 18.7. The van der Waals surface area contributed by atoms with E-state index in [9.17, 15) is 4.79 Å². The predicted molar refractivity (Wildman–Crippen MR) is 102 cm³/mol. The third kappa shape index (κ3) is 4.59. The number of carbonyl (C=O) groups is 1. The van der Waals surface area contributed by atoms with Crippen LogP contribution in [-0.2, 0) is 6.54 Å². The van der Waals surface area contributed by atoms with Gasteiger partial charge in [-0.3, -0.25) is 9.78 Å². The highest BCUT2D eigenvalue weighted by atomic mass is 16.1. The quantitative estimate of drug-likeness (QED) is 0.894. The Kier molecular flexibility index (Phi) is 5.69. The molecule has 0 atom stereocenters. The van der Waals surface area contributed by atoms with Crippen LogP contribution in [-0.4, -0.2) is 24.0 Å². The zero-order chi connectivity index (χ0) is 17.6. The molecular formula is C21H27N3O. The van der Waals surface area contributed by atoms with E-state index in [0.717, 1.165) is 11.3 Å². The van der Waals surface area contributed by atoms with Gasteiger partial charge in [-0.1, -0.05) is 31.4 Å². The van der Waals surface area contributed by atoms with Gasteiger partial charge in [0.15, 0.2) is 0 Å². The molecule has 132 valence electrons. The van der Waals surface area contributed by atoms with Crippen LogP contribution in [0, 0.1) is 6.92 Å². The van der Waals surface area contributed by atoms with Crippen molar-refractivity contribution in [3.8, 4) is 0 Å². The van der Waals surface area contributed by atoms with E-state index in [0.29, 0.717) is 18.2 Å². The van der Waals surface area contributed by atoms with Gasteiger partial charge in [0, 0.05) is 37.2 Å². The van der Waals surface area contributed by atoms with Gasteiger partial charge >= 0.3 is 0 Å². The minimum Gasteiger partial charge on any atom is -0.372 e. The fourth-order valence-electron chi connectivity index (χ4n) is 3.41. The van der Waals surface area contributed by atoms with E-state index in [1.165, 1.54) is 37.8 Å². The highest BCUT2D eigenvalue weighted by Crippen LogP contribution is 2.26. The van der Waals surface area contributed by atoms with Gasteiger partial charge in [-0.2, -0.15) is 0 Å². The largest absolute Gasteiger partial charge is 0.372 e. The summed E-state index contributed by atoms with van der Waals surface area (Å²) in [7, 11) is 2.19. The maximum absolute atomic E-state index is 12.2. The van der Waals surface area contributed by atoms with Crippen molar-refractivity contribution in [2.45, 2.75) is 51.6 Å². The molecular weight excluding hydrogens is 310 g/mol. The van der Waals surface area contributed by atoms with Crippen molar-refractivity contribution in [1.29, 1.82) is 0 Å². The first-order valence-electron chi connectivity index (χ1n) is 9.16. The topological polar surface area (TPSA) is 45.2 Å². The Hall–Kier alpha value is -2.36. The van der Waals surface area contributed by atoms with Gasteiger partial charge in [-0.15, -0.1) is 0 Å². The Morgan fingerprint density at radius 2 is 1.84 bits per heavy atom. The Bertz CT molecular complexity index is 688. The second kappa shape index (κ2) is 8.15. The SMILES string of the molecule is Cc1ccc(C(=O)NCc2ccc(N(C)C3CCCCC3)cc2)cn1. The Balaban J connectivity index is 1.55. The number of hydrogen-bond donors (Lipinski definition) is 1. The number of aromatic nitrogens is 1. The molecule has 1 amide bonds. The molecule has 0 radical (unpaired) electrons. The average Bonchev–Trinajstić information content (AvgIpc) is 2.67. The summed E-state index contributed by atoms with van der Waals surface area (Å²) in [5.41, 5.74) is 3.87. The predicted octanol–water partition coefficient (Wildman–Crippen LogP) is 4.09. The number of hydrogen-bond acceptors (Lipinski definition) is 3. The van der Waals surface area contributed by atoms with E-state index in [1.807, 2.05) is 13.0 Å². The van der Waals surface area contributed by atoms with Crippen LogP contribution < -0.4 is 10.2 Å². The average molecular weight is 337 g/mol. The molecule has 1 aliphatic rings. The molecule has 1 aliphatic carbocycles. The minimum absolute atomic E-state index is 0.0871. The number of amides is 1. The molecule has 0 spiro atoms. The van der Waals surface area contributed by atoms with Crippen molar-refractivity contribution in [2.75, 3.05) is 11.9 Å². The number of rotatable bonds is 5. The molecule has 2 aromatic rings. The van der Waals surface area contributed by atoms with E-state index in [4.69, 9.17) is 0 Å². The number of benzene rings is 1. The number of pyridine rings is 1. The molecule has 0 saturated heterocycles. The molecule has 1 aromatic heterocycles. The smallest absolute Gasteiger partial charge is 0.253 e. The molecule has 0 unspecified atom stereocenters. The molecule has 1 saturated carbocycles. The van der Waals surface area contributed by atoms with Gasteiger partial charge in [-0.25, -0.2) is 0 Å². The maximum Gasteiger partial charge on any atom is 0.253 e. The third-order valence-electron chi connectivity index (χ3n) is 5.09. The summed E-state index contributed by atoms with van der Waals surface area (Å²) in [6, 6.07) is 12.8. The monoisotopic (exact) mass is 337 g/mol. The first kappa shape index (κ1) is 17.5. The summed E-state index contributed by atoms with van der Waals surface area (Å²) in [5.74, 6) is -0.0871. The van der Waals surface area contributed by atoms with Crippen LogP contribution in [0.3, 0.4) is 0 Å². The van der Waals surface area contributed by atoms with Crippen molar-refractivity contribution >= 4 is 11.6 Å². The van der Waals surface area contributed by atoms with Gasteiger partial charge < -0.3 is 10.2 Å².